The minimum Gasteiger partial charge on any atom is -0.497 e. The van der Waals surface area contributed by atoms with Crippen LogP contribution in [0.2, 0.25) is 0 Å². The maximum Gasteiger partial charge on any atom is 0.126 e. The zero-order valence-electron chi connectivity index (χ0n) is 17.8. The van der Waals surface area contributed by atoms with E-state index in [0.29, 0.717) is 12.5 Å². The van der Waals surface area contributed by atoms with Gasteiger partial charge in [0, 0.05) is 31.1 Å². The number of benzene rings is 2. The number of aliphatic hydroxyl groups is 1. The normalized spacial score (nSPS) is 24.2. The Balaban J connectivity index is 0.00000231. The first kappa shape index (κ1) is 22.0. The van der Waals surface area contributed by atoms with E-state index in [4.69, 9.17) is 14.7 Å². The number of aliphatic hydroxyl groups excluding tert-OH is 1. The lowest BCUT2D eigenvalue weighted by Gasteiger charge is -2.48. The number of methoxy groups -OCH3 is 1. The van der Waals surface area contributed by atoms with Crippen LogP contribution in [0.1, 0.15) is 54.0 Å². The van der Waals surface area contributed by atoms with E-state index >= 15 is 0 Å². The molecule has 5 nitrogen and oxygen atoms in total. The Hall–Kier alpha value is -2.26. The van der Waals surface area contributed by atoms with E-state index in [1.54, 1.807) is 7.11 Å². The van der Waals surface area contributed by atoms with Crippen molar-refractivity contribution in [1.82, 2.24) is 4.90 Å². The smallest absolute Gasteiger partial charge is 0.126 e. The highest BCUT2D eigenvalue weighted by molar-refractivity contribution is 5.85. The van der Waals surface area contributed by atoms with E-state index in [1.165, 1.54) is 11.1 Å². The van der Waals surface area contributed by atoms with Crippen LogP contribution in [0.15, 0.2) is 36.4 Å². The molecule has 1 unspecified atom stereocenters. The molecule has 164 valence electrons. The minimum absolute atomic E-state index is 0. The first-order chi connectivity index (χ1) is 14.6. The van der Waals surface area contributed by atoms with E-state index in [2.05, 4.69) is 23.1 Å². The van der Waals surface area contributed by atoms with Crippen molar-refractivity contribution in [2.45, 2.75) is 56.3 Å². The summed E-state index contributed by atoms with van der Waals surface area (Å²) in [4.78, 5) is 2.60. The molecule has 1 spiro atoms. The molecule has 3 aliphatic rings. The van der Waals surface area contributed by atoms with Gasteiger partial charge in [-0.25, -0.2) is 0 Å². The number of hydrogen-bond donors (Lipinski definition) is 1. The SMILES string of the molecule is COc1ccc2c(c1)C(O)CC1(CCN([C@@H]3CCc4cc(C#N)ccc4C3)CC1)O2.Cl. The third kappa shape index (κ3) is 4.13. The number of nitrogens with zero attached hydrogens (tertiary/aromatic N) is 2. The lowest BCUT2D eigenvalue weighted by Crippen LogP contribution is -2.53. The molecule has 2 heterocycles. The maximum absolute atomic E-state index is 10.8. The van der Waals surface area contributed by atoms with E-state index in [0.717, 1.165) is 67.8 Å². The Bertz CT molecular complexity index is 995. The summed E-state index contributed by atoms with van der Waals surface area (Å²) in [5, 5.41) is 19.9. The number of nitriles is 1. The summed E-state index contributed by atoms with van der Waals surface area (Å²) >= 11 is 0. The van der Waals surface area contributed by atoms with Crippen molar-refractivity contribution in [3.63, 3.8) is 0 Å². The van der Waals surface area contributed by atoms with Gasteiger partial charge in [0.1, 0.15) is 17.1 Å². The fraction of sp³-hybridized carbons (Fsp3) is 0.480. The van der Waals surface area contributed by atoms with Crippen LogP contribution >= 0.6 is 12.4 Å². The van der Waals surface area contributed by atoms with Gasteiger partial charge in [0.05, 0.1) is 24.8 Å². The average Bonchev–Trinajstić information content (AvgIpc) is 2.78. The second kappa shape index (κ2) is 8.70. The van der Waals surface area contributed by atoms with Crippen LogP contribution in [0.4, 0.5) is 0 Å². The monoisotopic (exact) mass is 440 g/mol. The lowest BCUT2D eigenvalue weighted by molar-refractivity contribution is -0.0609. The van der Waals surface area contributed by atoms with Gasteiger partial charge in [0.25, 0.3) is 0 Å². The van der Waals surface area contributed by atoms with Gasteiger partial charge in [-0.1, -0.05) is 6.07 Å². The summed E-state index contributed by atoms with van der Waals surface area (Å²) in [6, 6.07) is 14.6. The molecule has 0 radical (unpaired) electrons. The minimum atomic E-state index is -0.508. The zero-order valence-corrected chi connectivity index (χ0v) is 18.7. The van der Waals surface area contributed by atoms with Gasteiger partial charge in [-0.05, 0) is 73.6 Å². The van der Waals surface area contributed by atoms with Crippen LogP contribution < -0.4 is 9.47 Å². The van der Waals surface area contributed by atoms with Gasteiger partial charge in [-0.3, -0.25) is 4.90 Å². The molecule has 2 aliphatic heterocycles. The van der Waals surface area contributed by atoms with Gasteiger partial charge in [0.2, 0.25) is 0 Å². The van der Waals surface area contributed by atoms with Crippen LogP contribution in [0, 0.1) is 11.3 Å². The quantitative estimate of drug-likeness (QED) is 0.758. The average molecular weight is 441 g/mol. The molecular weight excluding hydrogens is 412 g/mol. The maximum atomic E-state index is 10.8. The van der Waals surface area contributed by atoms with Crippen LogP contribution in [-0.2, 0) is 12.8 Å². The molecule has 0 saturated carbocycles. The van der Waals surface area contributed by atoms with Gasteiger partial charge in [-0.15, -0.1) is 12.4 Å². The fourth-order valence-corrected chi connectivity index (χ4v) is 5.46. The van der Waals surface area contributed by atoms with E-state index < -0.39 is 6.10 Å². The molecule has 5 rings (SSSR count). The number of rotatable bonds is 2. The van der Waals surface area contributed by atoms with Crippen LogP contribution in [0.5, 0.6) is 11.5 Å². The predicted molar refractivity (Wildman–Crippen MR) is 121 cm³/mol. The number of hydrogen-bond acceptors (Lipinski definition) is 5. The number of fused-ring (bicyclic) bond motifs is 2. The predicted octanol–water partition coefficient (Wildman–Crippen LogP) is 4.20. The van der Waals surface area contributed by atoms with Gasteiger partial charge in [-0.2, -0.15) is 5.26 Å². The number of likely N-dealkylation sites (tertiary alicyclic amines) is 1. The summed E-state index contributed by atoms with van der Waals surface area (Å²) in [7, 11) is 1.64. The third-order valence-corrected chi connectivity index (χ3v) is 7.23. The molecule has 31 heavy (non-hydrogen) atoms. The highest BCUT2D eigenvalue weighted by Gasteiger charge is 2.44. The van der Waals surface area contributed by atoms with E-state index in [1.807, 2.05) is 24.3 Å². The first-order valence-corrected chi connectivity index (χ1v) is 10.9. The van der Waals surface area contributed by atoms with Gasteiger partial charge in [0.15, 0.2) is 0 Å². The van der Waals surface area contributed by atoms with Crippen molar-refractivity contribution in [3.8, 4) is 17.6 Å². The Morgan fingerprint density at radius 3 is 2.71 bits per heavy atom. The van der Waals surface area contributed by atoms with Gasteiger partial charge < -0.3 is 14.6 Å². The molecular formula is C25H29ClN2O3. The van der Waals surface area contributed by atoms with Gasteiger partial charge >= 0.3 is 0 Å². The summed E-state index contributed by atoms with van der Waals surface area (Å²) < 4.78 is 11.8. The summed E-state index contributed by atoms with van der Waals surface area (Å²) in [6.07, 6.45) is 5.25. The molecule has 0 aromatic heterocycles. The lowest BCUT2D eigenvalue weighted by atomic mass is 9.80. The van der Waals surface area contributed by atoms with Crippen molar-refractivity contribution in [1.29, 1.82) is 5.26 Å². The molecule has 1 saturated heterocycles. The zero-order chi connectivity index (χ0) is 20.7. The Labute approximate surface area is 190 Å². The molecule has 2 atom stereocenters. The standard InChI is InChI=1S/C25H28N2O3.ClH/c1-29-21-6-7-24-22(14-21)23(28)15-25(30-24)8-10-27(11-9-25)20-5-4-18-12-17(16-26)2-3-19(18)13-20;/h2-3,6-7,12,14,20,23,28H,4-5,8-11,13,15H2,1H3;1H/t20-,23?;/m1./s1. The summed E-state index contributed by atoms with van der Waals surface area (Å²) in [5.41, 5.74) is 4.05. The molecule has 1 N–H and O–H groups in total. The number of piperidine rings is 1. The van der Waals surface area contributed by atoms with E-state index in [-0.39, 0.29) is 18.0 Å². The fourth-order valence-electron chi connectivity index (χ4n) is 5.46. The van der Waals surface area contributed by atoms with Crippen molar-refractivity contribution in [2.75, 3.05) is 20.2 Å². The number of halogens is 1. The molecule has 1 fully saturated rings. The second-order valence-corrected chi connectivity index (χ2v) is 8.94. The highest BCUT2D eigenvalue weighted by Crippen LogP contribution is 2.45. The highest BCUT2D eigenvalue weighted by atomic mass is 35.5. The van der Waals surface area contributed by atoms with Crippen molar-refractivity contribution in [2.24, 2.45) is 0 Å². The molecule has 2 aromatic carbocycles. The van der Waals surface area contributed by atoms with Crippen LogP contribution in [0.3, 0.4) is 0 Å². The third-order valence-electron chi connectivity index (χ3n) is 7.23. The first-order valence-electron chi connectivity index (χ1n) is 10.9. The number of ether oxygens (including phenoxy) is 2. The van der Waals surface area contributed by atoms with Crippen LogP contribution in [-0.4, -0.2) is 41.8 Å². The summed E-state index contributed by atoms with van der Waals surface area (Å²) in [5.74, 6) is 1.55. The Morgan fingerprint density at radius 1 is 1.16 bits per heavy atom. The van der Waals surface area contributed by atoms with E-state index in [9.17, 15) is 5.11 Å². The topological polar surface area (TPSA) is 65.7 Å². The Morgan fingerprint density at radius 2 is 1.97 bits per heavy atom. The Kier molecular flexibility index (Phi) is 6.16. The molecule has 1 aliphatic carbocycles. The molecule has 0 amide bonds. The second-order valence-electron chi connectivity index (χ2n) is 8.94. The molecule has 2 aromatic rings. The largest absolute Gasteiger partial charge is 0.497 e. The molecule has 6 heteroatoms. The van der Waals surface area contributed by atoms with Crippen molar-refractivity contribution in [3.05, 3.63) is 58.7 Å². The number of aryl methyl sites for hydroxylation is 1. The molecule has 0 bridgehead atoms. The van der Waals surface area contributed by atoms with Crippen LogP contribution in [0.25, 0.3) is 0 Å². The summed E-state index contributed by atoms with van der Waals surface area (Å²) in [6.45, 7) is 1.99. The van der Waals surface area contributed by atoms with Crippen molar-refractivity contribution >= 4 is 12.4 Å². The van der Waals surface area contributed by atoms with Crippen molar-refractivity contribution < 1.29 is 14.6 Å².